The quantitative estimate of drug-likeness (QED) is 0.622. The number of hydrogen-bond acceptors (Lipinski definition) is 1. The molecule has 12 heavy (non-hydrogen) atoms. The first-order chi connectivity index (χ1) is 5.92. The molecule has 1 heteroatoms. The van der Waals surface area contributed by atoms with E-state index in [-0.39, 0.29) is 0 Å². The smallest absolute Gasteiger partial charge is 0.0878 e. The molecule has 0 amide bonds. The highest BCUT2D eigenvalue weighted by Gasteiger charge is 2.32. The van der Waals surface area contributed by atoms with E-state index in [1.807, 2.05) is 0 Å². The average Bonchev–Trinajstić information content (AvgIpc) is 2.92. The van der Waals surface area contributed by atoms with Crippen molar-refractivity contribution in [1.29, 1.82) is 0 Å². The van der Waals surface area contributed by atoms with E-state index in [4.69, 9.17) is 4.74 Å². The van der Waals surface area contributed by atoms with Gasteiger partial charge in [-0.3, -0.25) is 0 Å². The Kier molecular flexibility index (Phi) is 2.13. The lowest BCUT2D eigenvalue weighted by atomic mass is 9.94. The van der Waals surface area contributed by atoms with Gasteiger partial charge in [0.05, 0.1) is 12.7 Å². The maximum Gasteiger partial charge on any atom is 0.0878 e. The van der Waals surface area contributed by atoms with Crippen molar-refractivity contribution in [3.8, 4) is 0 Å². The molecule has 1 aromatic rings. The summed E-state index contributed by atoms with van der Waals surface area (Å²) in [5.74, 6) is 0.617. The summed E-state index contributed by atoms with van der Waals surface area (Å²) in [5.41, 5.74) is 1.42. The van der Waals surface area contributed by atoms with Crippen LogP contribution in [-0.4, -0.2) is 12.7 Å². The highest BCUT2D eigenvalue weighted by atomic mass is 16.6. The lowest BCUT2D eigenvalue weighted by molar-refractivity contribution is 0.369. The van der Waals surface area contributed by atoms with E-state index in [9.17, 15) is 0 Å². The molecule has 1 aliphatic heterocycles. The second-order valence-corrected chi connectivity index (χ2v) is 3.30. The summed E-state index contributed by atoms with van der Waals surface area (Å²) < 4.78 is 5.32. The van der Waals surface area contributed by atoms with Crippen LogP contribution in [0.4, 0.5) is 0 Å². The van der Waals surface area contributed by atoms with Gasteiger partial charge in [-0.05, 0) is 12.0 Å². The molecule has 0 spiro atoms. The molecule has 0 aromatic heterocycles. The Morgan fingerprint density at radius 1 is 1.42 bits per heavy atom. The standard InChI is InChI=1S/C11H14O/c1-2-10(11-8-12-11)9-6-4-3-5-7-9/h3-7,10-11H,2,8H2,1H3. The predicted octanol–water partition coefficient (Wildman–Crippen LogP) is 2.58. The normalized spacial score (nSPS) is 23.6. The van der Waals surface area contributed by atoms with Crippen molar-refractivity contribution < 1.29 is 4.74 Å². The molecule has 2 rings (SSSR count). The summed E-state index contributed by atoms with van der Waals surface area (Å²) >= 11 is 0. The van der Waals surface area contributed by atoms with Crippen LogP contribution in [0.25, 0.3) is 0 Å². The van der Waals surface area contributed by atoms with Gasteiger partial charge in [-0.1, -0.05) is 37.3 Å². The lowest BCUT2D eigenvalue weighted by Crippen LogP contribution is -2.04. The Bertz CT molecular complexity index is 238. The Morgan fingerprint density at radius 2 is 2.08 bits per heavy atom. The first kappa shape index (κ1) is 7.81. The van der Waals surface area contributed by atoms with Gasteiger partial charge in [0, 0.05) is 5.92 Å². The van der Waals surface area contributed by atoms with Gasteiger partial charge in [-0.2, -0.15) is 0 Å². The molecule has 1 aliphatic rings. The molecule has 1 aromatic carbocycles. The molecule has 1 heterocycles. The number of benzene rings is 1. The molecule has 2 atom stereocenters. The van der Waals surface area contributed by atoms with Gasteiger partial charge in [0.2, 0.25) is 0 Å². The van der Waals surface area contributed by atoms with E-state index in [1.54, 1.807) is 0 Å². The van der Waals surface area contributed by atoms with Crippen LogP contribution in [0, 0.1) is 0 Å². The number of hydrogen-bond donors (Lipinski definition) is 0. The van der Waals surface area contributed by atoms with Crippen molar-refractivity contribution in [2.24, 2.45) is 0 Å². The molecule has 1 nitrogen and oxygen atoms in total. The first-order valence-electron chi connectivity index (χ1n) is 4.58. The van der Waals surface area contributed by atoms with Crippen molar-refractivity contribution in [1.82, 2.24) is 0 Å². The van der Waals surface area contributed by atoms with Crippen LogP contribution >= 0.6 is 0 Å². The van der Waals surface area contributed by atoms with E-state index in [0.717, 1.165) is 6.61 Å². The van der Waals surface area contributed by atoms with E-state index >= 15 is 0 Å². The molecule has 0 N–H and O–H groups in total. The SMILES string of the molecule is CCC(c1ccccc1)C1CO1. The Hall–Kier alpha value is -0.820. The summed E-state index contributed by atoms with van der Waals surface area (Å²) in [5, 5.41) is 0. The summed E-state index contributed by atoms with van der Waals surface area (Å²) in [4.78, 5) is 0. The fraction of sp³-hybridized carbons (Fsp3) is 0.455. The van der Waals surface area contributed by atoms with Crippen molar-refractivity contribution in [3.63, 3.8) is 0 Å². The van der Waals surface area contributed by atoms with E-state index in [0.29, 0.717) is 12.0 Å². The third-order valence-electron chi connectivity index (χ3n) is 2.48. The molecule has 0 radical (unpaired) electrons. The van der Waals surface area contributed by atoms with E-state index in [1.165, 1.54) is 12.0 Å². The number of rotatable bonds is 3. The molecule has 2 unspecified atom stereocenters. The average molecular weight is 162 g/mol. The van der Waals surface area contributed by atoms with Gasteiger partial charge in [0.1, 0.15) is 0 Å². The molecule has 64 valence electrons. The molecule has 0 saturated carbocycles. The zero-order valence-corrected chi connectivity index (χ0v) is 7.36. The number of epoxide rings is 1. The van der Waals surface area contributed by atoms with Crippen LogP contribution in [0.15, 0.2) is 30.3 Å². The van der Waals surface area contributed by atoms with Crippen LogP contribution in [0.3, 0.4) is 0 Å². The molecular formula is C11H14O. The summed E-state index contributed by atoms with van der Waals surface area (Å²) in [6.07, 6.45) is 1.67. The first-order valence-corrected chi connectivity index (χ1v) is 4.58. The van der Waals surface area contributed by atoms with Gasteiger partial charge >= 0.3 is 0 Å². The van der Waals surface area contributed by atoms with Crippen molar-refractivity contribution in [2.45, 2.75) is 25.4 Å². The zero-order valence-electron chi connectivity index (χ0n) is 7.36. The molecule has 0 bridgehead atoms. The van der Waals surface area contributed by atoms with Gasteiger partial charge in [0.15, 0.2) is 0 Å². The summed E-state index contributed by atoms with van der Waals surface area (Å²) in [7, 11) is 0. The minimum Gasteiger partial charge on any atom is -0.372 e. The molecule has 0 aliphatic carbocycles. The zero-order chi connectivity index (χ0) is 8.39. The molecular weight excluding hydrogens is 148 g/mol. The maximum absolute atomic E-state index is 5.32. The highest BCUT2D eigenvalue weighted by molar-refractivity contribution is 5.21. The fourth-order valence-corrected chi connectivity index (χ4v) is 1.70. The Balaban J connectivity index is 2.15. The van der Waals surface area contributed by atoms with Crippen LogP contribution in [0.5, 0.6) is 0 Å². The second-order valence-electron chi connectivity index (χ2n) is 3.30. The van der Waals surface area contributed by atoms with Crippen molar-refractivity contribution in [2.75, 3.05) is 6.61 Å². The summed E-state index contributed by atoms with van der Waals surface area (Å²) in [6, 6.07) is 10.6. The summed E-state index contributed by atoms with van der Waals surface area (Å²) in [6.45, 7) is 3.17. The third kappa shape index (κ3) is 1.51. The monoisotopic (exact) mass is 162 g/mol. The topological polar surface area (TPSA) is 12.5 Å². The van der Waals surface area contributed by atoms with E-state index in [2.05, 4.69) is 37.3 Å². The third-order valence-corrected chi connectivity index (χ3v) is 2.48. The largest absolute Gasteiger partial charge is 0.372 e. The van der Waals surface area contributed by atoms with Crippen LogP contribution in [0.2, 0.25) is 0 Å². The van der Waals surface area contributed by atoms with Crippen LogP contribution < -0.4 is 0 Å². The highest BCUT2D eigenvalue weighted by Crippen LogP contribution is 2.31. The van der Waals surface area contributed by atoms with Gasteiger partial charge in [-0.15, -0.1) is 0 Å². The van der Waals surface area contributed by atoms with Crippen LogP contribution in [-0.2, 0) is 4.74 Å². The Labute approximate surface area is 73.4 Å². The van der Waals surface area contributed by atoms with Gasteiger partial charge < -0.3 is 4.74 Å². The fourth-order valence-electron chi connectivity index (χ4n) is 1.70. The maximum atomic E-state index is 5.32. The van der Waals surface area contributed by atoms with Crippen molar-refractivity contribution >= 4 is 0 Å². The van der Waals surface area contributed by atoms with Gasteiger partial charge in [0.25, 0.3) is 0 Å². The molecule has 1 saturated heterocycles. The predicted molar refractivity (Wildman–Crippen MR) is 49.2 cm³/mol. The van der Waals surface area contributed by atoms with E-state index < -0.39 is 0 Å². The lowest BCUT2D eigenvalue weighted by Gasteiger charge is -2.11. The van der Waals surface area contributed by atoms with Crippen molar-refractivity contribution in [3.05, 3.63) is 35.9 Å². The number of ether oxygens (including phenoxy) is 1. The Morgan fingerprint density at radius 3 is 2.58 bits per heavy atom. The van der Waals surface area contributed by atoms with Crippen LogP contribution in [0.1, 0.15) is 24.8 Å². The second kappa shape index (κ2) is 3.28. The minimum absolute atomic E-state index is 0.498. The van der Waals surface area contributed by atoms with Gasteiger partial charge in [-0.25, -0.2) is 0 Å². The minimum atomic E-state index is 0.498. The molecule has 1 fully saturated rings.